The quantitative estimate of drug-likeness (QED) is 0.900. The van der Waals surface area contributed by atoms with Crippen molar-refractivity contribution >= 4 is 27.5 Å². The van der Waals surface area contributed by atoms with Gasteiger partial charge in [0.1, 0.15) is 0 Å². The highest BCUT2D eigenvalue weighted by atomic mass is 79.9. The second-order valence-corrected chi connectivity index (χ2v) is 5.37. The summed E-state index contributed by atoms with van der Waals surface area (Å²) in [5.74, 6) is 0.0759. The molecule has 1 aliphatic rings. The predicted octanol–water partition coefficient (Wildman–Crippen LogP) is 3.73. The van der Waals surface area contributed by atoms with Gasteiger partial charge in [0.2, 0.25) is 5.91 Å². The molecule has 2 aromatic carbocycles. The number of anilines is 1. The fourth-order valence-corrected chi connectivity index (χ4v) is 2.69. The van der Waals surface area contributed by atoms with Gasteiger partial charge < -0.3 is 5.32 Å². The molecule has 0 saturated heterocycles. The van der Waals surface area contributed by atoms with Crippen LogP contribution in [-0.4, -0.2) is 5.91 Å². The van der Waals surface area contributed by atoms with E-state index in [4.69, 9.17) is 0 Å². The van der Waals surface area contributed by atoms with Crippen molar-refractivity contribution in [1.29, 1.82) is 0 Å². The molecule has 0 bridgehead atoms. The summed E-state index contributed by atoms with van der Waals surface area (Å²) in [7, 11) is 0. The topological polar surface area (TPSA) is 29.1 Å². The van der Waals surface area contributed by atoms with E-state index in [1.54, 1.807) is 0 Å². The van der Waals surface area contributed by atoms with Gasteiger partial charge in [-0.25, -0.2) is 0 Å². The highest BCUT2D eigenvalue weighted by Crippen LogP contribution is 2.35. The summed E-state index contributed by atoms with van der Waals surface area (Å²) in [6.07, 6.45) is 0.843. The van der Waals surface area contributed by atoms with Crippen molar-refractivity contribution in [2.45, 2.75) is 12.3 Å². The molecule has 1 aliphatic carbocycles. The average Bonchev–Trinajstić information content (AvgIpc) is 2.30. The summed E-state index contributed by atoms with van der Waals surface area (Å²) in [5.41, 5.74) is 3.27. The molecule has 90 valence electrons. The van der Waals surface area contributed by atoms with E-state index in [0.717, 1.165) is 22.1 Å². The van der Waals surface area contributed by atoms with Gasteiger partial charge in [0.25, 0.3) is 0 Å². The minimum atomic E-state index is 0.000168. The number of carbonyl (C=O) groups is 1. The van der Waals surface area contributed by atoms with Crippen molar-refractivity contribution in [3.05, 3.63) is 64.1 Å². The summed E-state index contributed by atoms with van der Waals surface area (Å²) in [6, 6.07) is 15.8. The Labute approximate surface area is 114 Å². The standard InChI is InChI=1S/C15H12BrNO/c16-11-5-3-6-12(9-11)17-15(18)14-8-10-4-1-2-7-13(10)14/h1-7,9,14H,8H2,(H,17,18). The third-order valence-electron chi connectivity index (χ3n) is 3.26. The van der Waals surface area contributed by atoms with E-state index in [-0.39, 0.29) is 11.8 Å². The zero-order valence-corrected chi connectivity index (χ0v) is 11.3. The highest BCUT2D eigenvalue weighted by Gasteiger charge is 2.31. The molecule has 3 heteroatoms. The first-order chi connectivity index (χ1) is 8.74. The van der Waals surface area contributed by atoms with Crippen molar-refractivity contribution in [3.8, 4) is 0 Å². The van der Waals surface area contributed by atoms with Gasteiger partial charge in [-0.1, -0.05) is 46.3 Å². The molecule has 1 unspecified atom stereocenters. The maximum absolute atomic E-state index is 12.1. The first kappa shape index (κ1) is 11.5. The predicted molar refractivity (Wildman–Crippen MR) is 75.7 cm³/mol. The Morgan fingerprint density at radius 1 is 1.17 bits per heavy atom. The van der Waals surface area contributed by atoms with Crippen LogP contribution in [0.15, 0.2) is 53.0 Å². The van der Waals surface area contributed by atoms with Gasteiger partial charge in [0, 0.05) is 10.2 Å². The van der Waals surface area contributed by atoms with Crippen LogP contribution in [0.5, 0.6) is 0 Å². The molecule has 1 amide bonds. The number of amides is 1. The highest BCUT2D eigenvalue weighted by molar-refractivity contribution is 9.10. The molecule has 18 heavy (non-hydrogen) atoms. The first-order valence-corrected chi connectivity index (χ1v) is 6.67. The van der Waals surface area contributed by atoms with Crippen molar-refractivity contribution in [2.75, 3.05) is 5.32 Å². The number of benzene rings is 2. The molecule has 0 spiro atoms. The molecule has 1 N–H and O–H groups in total. The van der Waals surface area contributed by atoms with Gasteiger partial charge >= 0.3 is 0 Å². The average molecular weight is 302 g/mol. The Morgan fingerprint density at radius 2 is 2.00 bits per heavy atom. The molecule has 1 atom stereocenters. The van der Waals surface area contributed by atoms with Crippen LogP contribution in [-0.2, 0) is 11.2 Å². The van der Waals surface area contributed by atoms with Crippen molar-refractivity contribution in [2.24, 2.45) is 0 Å². The van der Waals surface area contributed by atoms with Crippen molar-refractivity contribution < 1.29 is 4.79 Å². The third-order valence-corrected chi connectivity index (χ3v) is 3.76. The third kappa shape index (κ3) is 2.06. The number of rotatable bonds is 2. The molecule has 0 heterocycles. The Bertz CT molecular complexity index is 609. The lowest BCUT2D eigenvalue weighted by atomic mass is 9.77. The van der Waals surface area contributed by atoms with E-state index in [0.29, 0.717) is 0 Å². The summed E-state index contributed by atoms with van der Waals surface area (Å²) < 4.78 is 0.967. The molecule has 2 aromatic rings. The van der Waals surface area contributed by atoms with E-state index in [1.807, 2.05) is 42.5 Å². The van der Waals surface area contributed by atoms with Gasteiger partial charge in [-0.05, 0) is 35.7 Å². The Balaban J connectivity index is 1.75. The zero-order valence-electron chi connectivity index (χ0n) is 9.69. The van der Waals surface area contributed by atoms with Crippen LogP contribution >= 0.6 is 15.9 Å². The molecule has 0 aliphatic heterocycles. The van der Waals surface area contributed by atoms with Crippen LogP contribution in [0.1, 0.15) is 17.0 Å². The Kier molecular flexibility index (Phi) is 2.92. The van der Waals surface area contributed by atoms with Crippen LogP contribution in [0.4, 0.5) is 5.69 Å². The number of hydrogen-bond donors (Lipinski definition) is 1. The molecule has 3 rings (SSSR count). The van der Waals surface area contributed by atoms with Gasteiger partial charge in [-0.2, -0.15) is 0 Å². The second-order valence-electron chi connectivity index (χ2n) is 4.46. The minimum Gasteiger partial charge on any atom is -0.326 e. The van der Waals surface area contributed by atoms with Crippen LogP contribution < -0.4 is 5.32 Å². The van der Waals surface area contributed by atoms with Crippen LogP contribution in [0.3, 0.4) is 0 Å². The maximum atomic E-state index is 12.1. The zero-order chi connectivity index (χ0) is 12.5. The molecule has 2 nitrogen and oxygen atoms in total. The summed E-state index contributed by atoms with van der Waals surface area (Å²) in [5, 5.41) is 2.96. The Morgan fingerprint density at radius 3 is 2.78 bits per heavy atom. The molecule has 0 radical (unpaired) electrons. The molecule has 0 fully saturated rings. The van der Waals surface area contributed by atoms with Gasteiger partial charge in [0.05, 0.1) is 5.92 Å². The van der Waals surface area contributed by atoms with Gasteiger partial charge in [-0.15, -0.1) is 0 Å². The maximum Gasteiger partial charge on any atom is 0.232 e. The van der Waals surface area contributed by atoms with Crippen molar-refractivity contribution in [3.63, 3.8) is 0 Å². The second kappa shape index (κ2) is 4.58. The first-order valence-electron chi connectivity index (χ1n) is 5.88. The van der Waals surface area contributed by atoms with E-state index in [9.17, 15) is 4.79 Å². The van der Waals surface area contributed by atoms with Gasteiger partial charge in [0.15, 0.2) is 0 Å². The fraction of sp³-hybridized carbons (Fsp3) is 0.133. The smallest absolute Gasteiger partial charge is 0.232 e. The molecular weight excluding hydrogens is 290 g/mol. The number of fused-ring (bicyclic) bond motifs is 1. The van der Waals surface area contributed by atoms with Crippen LogP contribution in [0, 0.1) is 0 Å². The normalized spacial score (nSPS) is 16.6. The van der Waals surface area contributed by atoms with Crippen LogP contribution in [0.2, 0.25) is 0 Å². The SMILES string of the molecule is O=C(Nc1cccc(Br)c1)C1Cc2ccccc21. The largest absolute Gasteiger partial charge is 0.326 e. The van der Waals surface area contributed by atoms with Crippen molar-refractivity contribution in [1.82, 2.24) is 0 Å². The van der Waals surface area contributed by atoms with E-state index in [2.05, 4.69) is 27.3 Å². The summed E-state index contributed by atoms with van der Waals surface area (Å²) in [4.78, 5) is 12.1. The number of nitrogens with one attached hydrogen (secondary N) is 1. The Hall–Kier alpha value is -1.61. The lowest BCUT2D eigenvalue weighted by Crippen LogP contribution is -2.30. The van der Waals surface area contributed by atoms with Crippen LogP contribution in [0.25, 0.3) is 0 Å². The monoisotopic (exact) mass is 301 g/mol. The van der Waals surface area contributed by atoms with Gasteiger partial charge in [-0.3, -0.25) is 4.79 Å². The fourth-order valence-electron chi connectivity index (χ4n) is 2.29. The van der Waals surface area contributed by atoms with E-state index < -0.39 is 0 Å². The molecule has 0 aromatic heterocycles. The summed E-state index contributed by atoms with van der Waals surface area (Å²) in [6.45, 7) is 0. The van der Waals surface area contributed by atoms with E-state index in [1.165, 1.54) is 5.56 Å². The number of carbonyl (C=O) groups excluding carboxylic acids is 1. The minimum absolute atomic E-state index is 0.000168. The van der Waals surface area contributed by atoms with E-state index >= 15 is 0 Å². The molecular formula is C15H12BrNO. The lowest BCUT2D eigenvalue weighted by Gasteiger charge is -2.28. The number of halogens is 1. The molecule has 0 saturated carbocycles. The summed E-state index contributed by atoms with van der Waals surface area (Å²) >= 11 is 3.39. The lowest BCUT2D eigenvalue weighted by molar-refractivity contribution is -0.118. The number of hydrogen-bond acceptors (Lipinski definition) is 1.